The van der Waals surface area contributed by atoms with Gasteiger partial charge in [-0.05, 0) is 47.4 Å². The molecule has 1 N–H and O–H groups in total. The largest absolute Gasteiger partial charge is 0.493 e. The van der Waals surface area contributed by atoms with E-state index >= 15 is 0 Å². The minimum absolute atomic E-state index is 0.123. The fourth-order valence-corrected chi connectivity index (χ4v) is 2.91. The van der Waals surface area contributed by atoms with E-state index in [0.717, 1.165) is 28.8 Å². The number of hydrogen-bond acceptors (Lipinski definition) is 3. The number of hydrogen-bond donors (Lipinski definition) is 1. The Kier molecular flexibility index (Phi) is 3.13. The van der Waals surface area contributed by atoms with Crippen molar-refractivity contribution in [2.24, 2.45) is 0 Å². The molecule has 1 aromatic carbocycles. The van der Waals surface area contributed by atoms with Crippen molar-refractivity contribution in [2.75, 3.05) is 21.3 Å². The zero-order valence-electron chi connectivity index (χ0n) is 9.76. The summed E-state index contributed by atoms with van der Waals surface area (Å²) in [4.78, 5) is 0. The van der Waals surface area contributed by atoms with Crippen LogP contribution in [0.4, 0.5) is 0 Å². The van der Waals surface area contributed by atoms with Gasteiger partial charge in [0.2, 0.25) is 0 Å². The first-order chi connectivity index (χ1) is 7.68. The van der Waals surface area contributed by atoms with Crippen LogP contribution < -0.4 is 14.8 Å². The van der Waals surface area contributed by atoms with Crippen LogP contribution in [-0.4, -0.2) is 21.3 Å². The van der Waals surface area contributed by atoms with E-state index < -0.39 is 0 Å². The molecule has 1 aliphatic rings. The van der Waals surface area contributed by atoms with E-state index in [2.05, 4.69) is 27.3 Å². The molecular weight excluding hydrogens is 270 g/mol. The van der Waals surface area contributed by atoms with Crippen molar-refractivity contribution < 1.29 is 9.47 Å². The van der Waals surface area contributed by atoms with Gasteiger partial charge in [0.1, 0.15) is 0 Å². The van der Waals surface area contributed by atoms with Gasteiger partial charge < -0.3 is 14.8 Å². The highest BCUT2D eigenvalue weighted by Crippen LogP contribution is 2.51. The Morgan fingerprint density at radius 2 is 1.94 bits per heavy atom. The third kappa shape index (κ3) is 1.70. The Morgan fingerprint density at radius 3 is 2.38 bits per heavy atom. The first kappa shape index (κ1) is 11.7. The third-order valence-electron chi connectivity index (χ3n) is 3.23. The lowest BCUT2D eigenvalue weighted by molar-refractivity contribution is 0.351. The Morgan fingerprint density at radius 1 is 1.25 bits per heavy atom. The van der Waals surface area contributed by atoms with E-state index in [1.54, 1.807) is 14.2 Å². The average molecular weight is 286 g/mol. The molecular formula is C12H16BrNO2. The predicted molar refractivity (Wildman–Crippen MR) is 67.2 cm³/mol. The molecule has 1 saturated carbocycles. The molecule has 0 bridgehead atoms. The lowest BCUT2D eigenvalue weighted by atomic mass is 10.0. The van der Waals surface area contributed by atoms with Gasteiger partial charge in [-0.3, -0.25) is 0 Å². The van der Waals surface area contributed by atoms with Crippen molar-refractivity contribution in [1.29, 1.82) is 0 Å². The van der Waals surface area contributed by atoms with E-state index in [1.165, 1.54) is 5.56 Å². The minimum Gasteiger partial charge on any atom is -0.493 e. The van der Waals surface area contributed by atoms with E-state index in [-0.39, 0.29) is 5.54 Å². The molecule has 1 aromatic rings. The molecule has 0 aromatic heterocycles. The standard InChI is InChI=1S/C12H16BrNO2/c1-14-12(6-7-12)8-4-5-9(15-2)11(16-3)10(8)13/h4-5,14H,6-7H2,1-3H3. The number of ether oxygens (including phenoxy) is 2. The summed E-state index contributed by atoms with van der Waals surface area (Å²) in [6.07, 6.45) is 2.33. The average Bonchev–Trinajstić information content (AvgIpc) is 3.09. The fourth-order valence-electron chi connectivity index (χ4n) is 2.04. The zero-order chi connectivity index (χ0) is 11.8. The van der Waals surface area contributed by atoms with Gasteiger partial charge in [0.15, 0.2) is 11.5 Å². The number of nitrogens with one attached hydrogen (secondary N) is 1. The van der Waals surface area contributed by atoms with Crippen LogP contribution in [0.15, 0.2) is 16.6 Å². The number of halogens is 1. The molecule has 3 nitrogen and oxygen atoms in total. The van der Waals surface area contributed by atoms with Gasteiger partial charge in [0, 0.05) is 5.54 Å². The summed E-state index contributed by atoms with van der Waals surface area (Å²) >= 11 is 3.60. The van der Waals surface area contributed by atoms with Crippen LogP contribution in [0.25, 0.3) is 0 Å². The van der Waals surface area contributed by atoms with Crippen LogP contribution in [0.5, 0.6) is 11.5 Å². The first-order valence-electron chi connectivity index (χ1n) is 5.28. The topological polar surface area (TPSA) is 30.5 Å². The van der Waals surface area contributed by atoms with Crippen LogP contribution in [0.2, 0.25) is 0 Å². The van der Waals surface area contributed by atoms with Gasteiger partial charge in [-0.2, -0.15) is 0 Å². The van der Waals surface area contributed by atoms with Gasteiger partial charge in [-0.15, -0.1) is 0 Å². The fraction of sp³-hybridized carbons (Fsp3) is 0.500. The maximum absolute atomic E-state index is 5.38. The normalized spacial score (nSPS) is 17.0. The van der Waals surface area contributed by atoms with Gasteiger partial charge in [-0.1, -0.05) is 6.07 Å². The summed E-state index contributed by atoms with van der Waals surface area (Å²) in [6, 6.07) is 4.05. The van der Waals surface area contributed by atoms with Crippen LogP contribution in [0.1, 0.15) is 18.4 Å². The maximum atomic E-state index is 5.38. The molecule has 1 aliphatic carbocycles. The van der Waals surface area contributed by atoms with Crippen LogP contribution in [-0.2, 0) is 5.54 Å². The highest BCUT2D eigenvalue weighted by atomic mass is 79.9. The second-order valence-corrected chi connectivity index (χ2v) is 4.79. The van der Waals surface area contributed by atoms with Crippen molar-refractivity contribution in [1.82, 2.24) is 5.32 Å². The van der Waals surface area contributed by atoms with E-state index in [1.807, 2.05) is 13.1 Å². The molecule has 16 heavy (non-hydrogen) atoms. The monoisotopic (exact) mass is 285 g/mol. The second-order valence-electron chi connectivity index (χ2n) is 3.99. The summed E-state index contributed by atoms with van der Waals surface area (Å²) in [5.41, 5.74) is 1.37. The molecule has 0 atom stereocenters. The van der Waals surface area contributed by atoms with Crippen molar-refractivity contribution in [2.45, 2.75) is 18.4 Å². The minimum atomic E-state index is 0.123. The van der Waals surface area contributed by atoms with E-state index in [0.29, 0.717) is 0 Å². The number of methoxy groups -OCH3 is 2. The molecule has 1 fully saturated rings. The molecule has 4 heteroatoms. The Hall–Kier alpha value is -0.740. The number of rotatable bonds is 4. The molecule has 2 rings (SSSR count). The van der Waals surface area contributed by atoms with Crippen molar-refractivity contribution in [3.05, 3.63) is 22.2 Å². The third-order valence-corrected chi connectivity index (χ3v) is 4.02. The highest BCUT2D eigenvalue weighted by molar-refractivity contribution is 9.10. The molecule has 0 saturated heterocycles. The molecule has 0 radical (unpaired) electrons. The van der Waals surface area contributed by atoms with Crippen LogP contribution in [0.3, 0.4) is 0 Å². The predicted octanol–water partition coefficient (Wildman–Crippen LogP) is 2.67. The van der Waals surface area contributed by atoms with Crippen molar-refractivity contribution in [3.8, 4) is 11.5 Å². The smallest absolute Gasteiger partial charge is 0.175 e. The summed E-state index contributed by atoms with van der Waals surface area (Å²) in [6.45, 7) is 0. The second kappa shape index (κ2) is 4.26. The molecule has 0 unspecified atom stereocenters. The van der Waals surface area contributed by atoms with Gasteiger partial charge in [0.05, 0.1) is 18.7 Å². The number of benzene rings is 1. The van der Waals surface area contributed by atoms with Gasteiger partial charge in [0.25, 0.3) is 0 Å². The quantitative estimate of drug-likeness (QED) is 0.923. The van der Waals surface area contributed by atoms with Crippen molar-refractivity contribution in [3.63, 3.8) is 0 Å². The summed E-state index contributed by atoms with van der Waals surface area (Å²) < 4.78 is 11.6. The molecule has 0 amide bonds. The molecule has 88 valence electrons. The first-order valence-corrected chi connectivity index (χ1v) is 6.07. The molecule has 0 aliphatic heterocycles. The zero-order valence-corrected chi connectivity index (χ0v) is 11.3. The summed E-state index contributed by atoms with van der Waals surface area (Å²) in [5.74, 6) is 1.52. The van der Waals surface area contributed by atoms with Crippen molar-refractivity contribution >= 4 is 15.9 Å². The van der Waals surface area contributed by atoms with Crippen LogP contribution in [0, 0.1) is 0 Å². The van der Waals surface area contributed by atoms with E-state index in [9.17, 15) is 0 Å². The Balaban J connectivity index is 2.49. The highest BCUT2D eigenvalue weighted by Gasteiger charge is 2.44. The summed E-state index contributed by atoms with van der Waals surface area (Å²) in [7, 11) is 5.30. The lowest BCUT2D eigenvalue weighted by Gasteiger charge is -2.19. The maximum Gasteiger partial charge on any atom is 0.175 e. The molecule has 0 heterocycles. The van der Waals surface area contributed by atoms with E-state index in [4.69, 9.17) is 9.47 Å². The van der Waals surface area contributed by atoms with Crippen LogP contribution >= 0.6 is 15.9 Å². The molecule has 0 spiro atoms. The van der Waals surface area contributed by atoms with Gasteiger partial charge in [-0.25, -0.2) is 0 Å². The Bertz CT molecular complexity index is 402. The summed E-state index contributed by atoms with van der Waals surface area (Å²) in [5, 5.41) is 3.37. The van der Waals surface area contributed by atoms with Gasteiger partial charge >= 0.3 is 0 Å². The SMILES string of the molecule is CNC1(c2ccc(OC)c(OC)c2Br)CC1. The Labute approximate surface area is 104 Å². The lowest BCUT2D eigenvalue weighted by Crippen LogP contribution is -2.25.